The van der Waals surface area contributed by atoms with Gasteiger partial charge in [0.15, 0.2) is 0 Å². The normalized spacial score (nSPS) is 25.6. The minimum Gasteiger partial charge on any atom is -0.369 e. The number of nitrogens with zero attached hydrogens (tertiary/aromatic N) is 2. The van der Waals surface area contributed by atoms with Gasteiger partial charge in [-0.1, -0.05) is 0 Å². The third kappa shape index (κ3) is 3.93. The quantitative estimate of drug-likeness (QED) is 0.719. The topological polar surface area (TPSA) is 92.7 Å². The summed E-state index contributed by atoms with van der Waals surface area (Å²) in [6, 6.07) is 0. The van der Waals surface area contributed by atoms with Crippen LogP contribution in [-0.4, -0.2) is 60.9 Å². The SMILES string of the molecule is NCC1CCN(CC(=O)N2CCCC(C(N)=O)C2)CC1. The van der Waals surface area contributed by atoms with Crippen LogP contribution >= 0.6 is 0 Å². The van der Waals surface area contributed by atoms with Gasteiger partial charge < -0.3 is 16.4 Å². The summed E-state index contributed by atoms with van der Waals surface area (Å²) in [6.45, 7) is 4.34. The van der Waals surface area contributed by atoms with Crippen LogP contribution in [-0.2, 0) is 9.59 Å². The summed E-state index contributed by atoms with van der Waals surface area (Å²) in [5.41, 5.74) is 11.0. The van der Waals surface area contributed by atoms with Gasteiger partial charge in [0.05, 0.1) is 12.5 Å². The molecule has 0 aliphatic carbocycles. The Morgan fingerprint density at radius 1 is 1.10 bits per heavy atom. The van der Waals surface area contributed by atoms with E-state index in [1.165, 1.54) is 0 Å². The standard InChI is InChI=1S/C14H26N4O2/c15-8-11-3-6-17(7-4-11)10-13(19)18-5-1-2-12(9-18)14(16)20/h11-12H,1-10,15H2,(H2,16,20). The molecule has 1 atom stereocenters. The van der Waals surface area contributed by atoms with Crippen molar-refractivity contribution in [2.75, 3.05) is 39.3 Å². The summed E-state index contributed by atoms with van der Waals surface area (Å²) >= 11 is 0. The molecule has 0 bridgehead atoms. The molecule has 1 unspecified atom stereocenters. The van der Waals surface area contributed by atoms with E-state index in [1.54, 1.807) is 4.90 Å². The molecule has 2 aliphatic rings. The number of hydrogen-bond donors (Lipinski definition) is 2. The first-order valence-corrected chi connectivity index (χ1v) is 7.59. The van der Waals surface area contributed by atoms with E-state index in [0.29, 0.717) is 19.0 Å². The van der Waals surface area contributed by atoms with Gasteiger partial charge >= 0.3 is 0 Å². The molecule has 2 aliphatic heterocycles. The average Bonchev–Trinajstić information content (AvgIpc) is 2.48. The first-order valence-electron chi connectivity index (χ1n) is 7.59. The fraction of sp³-hybridized carbons (Fsp3) is 0.857. The minimum absolute atomic E-state index is 0.127. The van der Waals surface area contributed by atoms with E-state index in [1.807, 2.05) is 0 Å². The van der Waals surface area contributed by atoms with Gasteiger partial charge in [0.1, 0.15) is 0 Å². The fourth-order valence-corrected chi connectivity index (χ4v) is 3.11. The first kappa shape index (κ1) is 15.3. The highest BCUT2D eigenvalue weighted by molar-refractivity contribution is 5.81. The van der Waals surface area contributed by atoms with Crippen molar-refractivity contribution in [3.05, 3.63) is 0 Å². The van der Waals surface area contributed by atoms with Gasteiger partial charge in [-0.3, -0.25) is 14.5 Å². The molecule has 6 heteroatoms. The molecule has 2 amide bonds. The first-order chi connectivity index (χ1) is 9.60. The van der Waals surface area contributed by atoms with E-state index in [0.717, 1.165) is 51.9 Å². The van der Waals surface area contributed by atoms with Crippen LogP contribution < -0.4 is 11.5 Å². The number of primary amides is 1. The maximum Gasteiger partial charge on any atom is 0.236 e. The number of piperidine rings is 2. The Morgan fingerprint density at radius 3 is 2.40 bits per heavy atom. The lowest BCUT2D eigenvalue weighted by molar-refractivity contribution is -0.136. The second kappa shape index (κ2) is 7.04. The lowest BCUT2D eigenvalue weighted by Gasteiger charge is -2.35. The van der Waals surface area contributed by atoms with Crippen molar-refractivity contribution in [2.24, 2.45) is 23.3 Å². The van der Waals surface area contributed by atoms with Gasteiger partial charge in [-0.15, -0.1) is 0 Å². The minimum atomic E-state index is -0.286. The Balaban J connectivity index is 1.78. The molecule has 4 N–H and O–H groups in total. The molecule has 0 aromatic rings. The number of hydrogen-bond acceptors (Lipinski definition) is 4. The van der Waals surface area contributed by atoms with Crippen LogP contribution in [0.15, 0.2) is 0 Å². The van der Waals surface area contributed by atoms with E-state index in [9.17, 15) is 9.59 Å². The van der Waals surface area contributed by atoms with Crippen molar-refractivity contribution < 1.29 is 9.59 Å². The Hall–Kier alpha value is -1.14. The number of amides is 2. The largest absolute Gasteiger partial charge is 0.369 e. The maximum absolute atomic E-state index is 12.3. The van der Waals surface area contributed by atoms with Gasteiger partial charge in [-0.25, -0.2) is 0 Å². The Kier molecular flexibility index (Phi) is 5.37. The van der Waals surface area contributed by atoms with Crippen LogP contribution in [0.25, 0.3) is 0 Å². The van der Waals surface area contributed by atoms with Crippen LogP contribution in [0.3, 0.4) is 0 Å². The van der Waals surface area contributed by atoms with E-state index >= 15 is 0 Å². The Bertz CT molecular complexity index is 353. The highest BCUT2D eigenvalue weighted by Gasteiger charge is 2.28. The molecule has 0 saturated carbocycles. The Morgan fingerprint density at radius 2 is 1.80 bits per heavy atom. The summed E-state index contributed by atoms with van der Waals surface area (Å²) in [7, 11) is 0. The zero-order chi connectivity index (χ0) is 14.5. The summed E-state index contributed by atoms with van der Waals surface area (Å²) in [4.78, 5) is 27.5. The van der Waals surface area contributed by atoms with E-state index in [4.69, 9.17) is 11.5 Å². The molecule has 6 nitrogen and oxygen atoms in total. The summed E-state index contributed by atoms with van der Waals surface area (Å²) in [5.74, 6) is 0.277. The number of carbonyl (C=O) groups is 2. The third-order valence-corrected chi connectivity index (χ3v) is 4.58. The van der Waals surface area contributed by atoms with Crippen molar-refractivity contribution in [3.8, 4) is 0 Å². The molecule has 2 rings (SSSR count). The summed E-state index contributed by atoms with van der Waals surface area (Å²) in [6.07, 6.45) is 3.83. The van der Waals surface area contributed by atoms with Crippen LogP contribution in [0.1, 0.15) is 25.7 Å². The molecule has 0 spiro atoms. The van der Waals surface area contributed by atoms with Crippen molar-refractivity contribution >= 4 is 11.8 Å². The van der Waals surface area contributed by atoms with Crippen LogP contribution in [0.2, 0.25) is 0 Å². The number of rotatable bonds is 4. The smallest absolute Gasteiger partial charge is 0.236 e. The molecular formula is C14H26N4O2. The molecule has 114 valence electrons. The van der Waals surface area contributed by atoms with Gasteiger partial charge in [0.2, 0.25) is 11.8 Å². The molecular weight excluding hydrogens is 256 g/mol. The number of nitrogens with two attached hydrogens (primary N) is 2. The molecule has 0 radical (unpaired) electrons. The highest BCUT2D eigenvalue weighted by Crippen LogP contribution is 2.18. The monoisotopic (exact) mass is 282 g/mol. The lowest BCUT2D eigenvalue weighted by atomic mass is 9.96. The zero-order valence-corrected chi connectivity index (χ0v) is 12.1. The second-order valence-electron chi connectivity index (χ2n) is 6.04. The van der Waals surface area contributed by atoms with E-state index < -0.39 is 0 Å². The highest BCUT2D eigenvalue weighted by atomic mass is 16.2. The number of carbonyl (C=O) groups excluding carboxylic acids is 2. The molecule has 0 aromatic carbocycles. The van der Waals surface area contributed by atoms with Gasteiger partial charge in [-0.05, 0) is 51.2 Å². The van der Waals surface area contributed by atoms with Gasteiger partial charge in [0.25, 0.3) is 0 Å². The van der Waals surface area contributed by atoms with Crippen LogP contribution in [0, 0.1) is 11.8 Å². The predicted octanol–water partition coefficient (Wildman–Crippen LogP) is -0.619. The zero-order valence-electron chi connectivity index (χ0n) is 12.1. The van der Waals surface area contributed by atoms with E-state index in [-0.39, 0.29) is 17.7 Å². The third-order valence-electron chi connectivity index (χ3n) is 4.58. The maximum atomic E-state index is 12.3. The molecule has 0 aromatic heterocycles. The van der Waals surface area contributed by atoms with Crippen molar-refractivity contribution in [2.45, 2.75) is 25.7 Å². The van der Waals surface area contributed by atoms with E-state index in [2.05, 4.69) is 4.90 Å². The van der Waals surface area contributed by atoms with Crippen LogP contribution in [0.4, 0.5) is 0 Å². The molecule has 2 saturated heterocycles. The fourth-order valence-electron chi connectivity index (χ4n) is 3.11. The van der Waals surface area contributed by atoms with Gasteiger partial charge in [0, 0.05) is 13.1 Å². The van der Waals surface area contributed by atoms with Crippen molar-refractivity contribution in [1.29, 1.82) is 0 Å². The summed E-state index contributed by atoms with van der Waals surface area (Å²) in [5, 5.41) is 0. The predicted molar refractivity (Wildman–Crippen MR) is 76.7 cm³/mol. The summed E-state index contributed by atoms with van der Waals surface area (Å²) < 4.78 is 0. The second-order valence-corrected chi connectivity index (χ2v) is 6.04. The Labute approximate surface area is 120 Å². The van der Waals surface area contributed by atoms with Crippen LogP contribution in [0.5, 0.6) is 0 Å². The number of likely N-dealkylation sites (tertiary alicyclic amines) is 2. The van der Waals surface area contributed by atoms with Crippen molar-refractivity contribution in [3.63, 3.8) is 0 Å². The average molecular weight is 282 g/mol. The van der Waals surface area contributed by atoms with Gasteiger partial charge in [-0.2, -0.15) is 0 Å². The molecule has 2 heterocycles. The molecule has 2 fully saturated rings. The molecule has 20 heavy (non-hydrogen) atoms. The van der Waals surface area contributed by atoms with Crippen molar-refractivity contribution in [1.82, 2.24) is 9.80 Å². The lowest BCUT2D eigenvalue weighted by Crippen LogP contribution is -2.49.